The van der Waals surface area contributed by atoms with Gasteiger partial charge in [-0.1, -0.05) is 5.16 Å². The van der Waals surface area contributed by atoms with Crippen LogP contribution in [0.4, 0.5) is 0 Å². The Hall–Kier alpha value is -1.71. The van der Waals surface area contributed by atoms with Crippen molar-refractivity contribution < 1.29 is 5.21 Å². The van der Waals surface area contributed by atoms with Crippen molar-refractivity contribution in [3.8, 4) is 0 Å². The summed E-state index contributed by atoms with van der Waals surface area (Å²) in [6.07, 6.45) is 7.66. The predicted octanol–water partition coefficient (Wildman–Crippen LogP) is 0.950. The Bertz CT molecular complexity index is 256. The van der Waals surface area contributed by atoms with Crippen molar-refractivity contribution in [1.29, 1.82) is 0 Å². The van der Waals surface area contributed by atoms with Gasteiger partial charge in [-0.15, -0.1) is 0 Å². The molecule has 0 atom stereocenters. The molecule has 0 saturated carbocycles. The summed E-state index contributed by atoms with van der Waals surface area (Å²) in [5.74, 6) is 0. The minimum atomic E-state index is 0.778. The molecule has 0 aliphatic rings. The molecule has 1 rings (SSSR count). The van der Waals surface area contributed by atoms with E-state index in [1.165, 1.54) is 12.5 Å². The zero-order valence-corrected chi connectivity index (χ0v) is 5.75. The van der Waals surface area contributed by atoms with Gasteiger partial charge < -0.3 is 5.21 Å². The molecule has 0 saturated heterocycles. The lowest BCUT2D eigenvalue weighted by molar-refractivity contribution is 0.322. The zero-order chi connectivity index (χ0) is 7.94. The molecular weight excluding hydrogens is 142 g/mol. The lowest BCUT2D eigenvalue weighted by Crippen LogP contribution is -1.79. The van der Waals surface area contributed by atoms with E-state index >= 15 is 0 Å². The second-order valence-corrected chi connectivity index (χ2v) is 1.76. The van der Waals surface area contributed by atoms with Crippen LogP contribution in [0.5, 0.6) is 0 Å². The van der Waals surface area contributed by atoms with Crippen LogP contribution in [-0.4, -0.2) is 21.4 Å². The van der Waals surface area contributed by atoms with Gasteiger partial charge in [-0.3, -0.25) is 0 Å². The SMILES string of the molecule is O/N=C\C=C\c1ccncn1. The fourth-order valence-corrected chi connectivity index (χ4v) is 0.580. The van der Waals surface area contributed by atoms with E-state index in [0.29, 0.717) is 0 Å². The summed E-state index contributed by atoms with van der Waals surface area (Å²) < 4.78 is 0. The number of hydrogen-bond acceptors (Lipinski definition) is 4. The number of oxime groups is 1. The van der Waals surface area contributed by atoms with Crippen LogP contribution in [0.15, 0.2) is 29.8 Å². The summed E-state index contributed by atoms with van der Waals surface area (Å²) in [6.45, 7) is 0. The monoisotopic (exact) mass is 149 g/mol. The van der Waals surface area contributed by atoms with Crippen LogP contribution in [0, 0.1) is 0 Å². The Kier molecular flexibility index (Phi) is 2.80. The van der Waals surface area contributed by atoms with Crippen molar-refractivity contribution in [3.63, 3.8) is 0 Å². The topological polar surface area (TPSA) is 58.4 Å². The van der Waals surface area contributed by atoms with Gasteiger partial charge in [0.15, 0.2) is 0 Å². The number of rotatable bonds is 2. The molecule has 4 heteroatoms. The second kappa shape index (κ2) is 4.16. The molecule has 1 N–H and O–H groups in total. The average molecular weight is 149 g/mol. The van der Waals surface area contributed by atoms with Crippen molar-refractivity contribution >= 4 is 12.3 Å². The average Bonchev–Trinajstić information content (AvgIpc) is 2.07. The summed E-state index contributed by atoms with van der Waals surface area (Å²) in [5.41, 5.74) is 0.778. The van der Waals surface area contributed by atoms with Crippen molar-refractivity contribution in [2.75, 3.05) is 0 Å². The highest BCUT2D eigenvalue weighted by molar-refractivity contribution is 5.76. The largest absolute Gasteiger partial charge is 0.411 e. The van der Waals surface area contributed by atoms with E-state index in [9.17, 15) is 0 Å². The first-order chi connectivity index (χ1) is 5.43. The molecule has 1 aromatic heterocycles. The molecule has 0 aromatic carbocycles. The quantitative estimate of drug-likeness (QED) is 0.387. The molecule has 0 aliphatic carbocycles. The van der Waals surface area contributed by atoms with Crippen LogP contribution < -0.4 is 0 Å². The van der Waals surface area contributed by atoms with Gasteiger partial charge in [-0.2, -0.15) is 0 Å². The summed E-state index contributed by atoms with van der Waals surface area (Å²) in [7, 11) is 0. The van der Waals surface area contributed by atoms with Gasteiger partial charge in [-0.05, 0) is 18.2 Å². The number of aromatic nitrogens is 2. The van der Waals surface area contributed by atoms with Gasteiger partial charge in [-0.25, -0.2) is 9.97 Å². The smallest absolute Gasteiger partial charge is 0.115 e. The van der Waals surface area contributed by atoms with E-state index in [1.807, 2.05) is 0 Å². The number of nitrogens with zero attached hydrogens (tertiary/aromatic N) is 3. The van der Waals surface area contributed by atoms with Crippen molar-refractivity contribution in [2.45, 2.75) is 0 Å². The third kappa shape index (κ3) is 2.57. The molecule has 1 aromatic rings. The fraction of sp³-hybridized carbons (Fsp3) is 0. The Balaban J connectivity index is 2.64. The van der Waals surface area contributed by atoms with Crippen molar-refractivity contribution in [3.05, 3.63) is 30.4 Å². The van der Waals surface area contributed by atoms with Crippen LogP contribution in [0.3, 0.4) is 0 Å². The fourth-order valence-electron chi connectivity index (χ4n) is 0.580. The van der Waals surface area contributed by atoms with Crippen LogP contribution in [0.2, 0.25) is 0 Å². The third-order valence-electron chi connectivity index (χ3n) is 1.02. The molecule has 4 nitrogen and oxygen atoms in total. The van der Waals surface area contributed by atoms with Crippen molar-refractivity contribution in [2.24, 2.45) is 5.16 Å². The van der Waals surface area contributed by atoms with E-state index in [1.54, 1.807) is 24.4 Å². The molecule has 1 heterocycles. The maximum absolute atomic E-state index is 8.03. The molecule has 0 bridgehead atoms. The number of hydrogen-bond donors (Lipinski definition) is 1. The summed E-state index contributed by atoms with van der Waals surface area (Å²) in [4.78, 5) is 7.65. The maximum atomic E-state index is 8.03. The Morgan fingerprint density at radius 3 is 3.09 bits per heavy atom. The van der Waals surface area contributed by atoms with E-state index < -0.39 is 0 Å². The summed E-state index contributed by atoms with van der Waals surface area (Å²) in [6, 6.07) is 1.75. The molecular formula is C7H7N3O. The molecule has 0 radical (unpaired) electrons. The van der Waals surface area contributed by atoms with E-state index in [4.69, 9.17) is 5.21 Å². The normalized spacial score (nSPS) is 11.3. The third-order valence-corrected chi connectivity index (χ3v) is 1.02. The molecule has 56 valence electrons. The molecule has 0 fully saturated rings. The summed E-state index contributed by atoms with van der Waals surface area (Å²) in [5, 5.41) is 10.8. The Labute approximate surface area is 63.9 Å². The van der Waals surface area contributed by atoms with E-state index in [0.717, 1.165) is 5.69 Å². The van der Waals surface area contributed by atoms with Gasteiger partial charge in [0, 0.05) is 6.20 Å². The highest BCUT2D eigenvalue weighted by atomic mass is 16.4. The van der Waals surface area contributed by atoms with Gasteiger partial charge in [0.25, 0.3) is 0 Å². The highest BCUT2D eigenvalue weighted by Gasteiger charge is 1.81. The zero-order valence-electron chi connectivity index (χ0n) is 5.75. The second-order valence-electron chi connectivity index (χ2n) is 1.76. The van der Waals surface area contributed by atoms with Gasteiger partial charge >= 0.3 is 0 Å². The van der Waals surface area contributed by atoms with Gasteiger partial charge in [0.05, 0.1) is 11.9 Å². The van der Waals surface area contributed by atoms with Crippen molar-refractivity contribution in [1.82, 2.24) is 9.97 Å². The molecule has 0 spiro atoms. The molecule has 0 unspecified atom stereocenters. The van der Waals surface area contributed by atoms with Gasteiger partial charge in [0.2, 0.25) is 0 Å². The van der Waals surface area contributed by atoms with Gasteiger partial charge in [0.1, 0.15) is 6.33 Å². The van der Waals surface area contributed by atoms with Crippen LogP contribution in [0.1, 0.15) is 5.69 Å². The highest BCUT2D eigenvalue weighted by Crippen LogP contribution is 1.92. The number of allylic oxidation sites excluding steroid dienone is 1. The molecule has 11 heavy (non-hydrogen) atoms. The summed E-state index contributed by atoms with van der Waals surface area (Å²) >= 11 is 0. The van der Waals surface area contributed by atoms with E-state index in [-0.39, 0.29) is 0 Å². The first-order valence-electron chi connectivity index (χ1n) is 3.03. The lowest BCUT2D eigenvalue weighted by atomic mass is 10.4. The minimum Gasteiger partial charge on any atom is -0.411 e. The maximum Gasteiger partial charge on any atom is 0.115 e. The first-order valence-corrected chi connectivity index (χ1v) is 3.03. The standard InChI is InChI=1S/C7H7N3O/c11-10-4-1-2-7-3-5-8-6-9-7/h1-6,11H/b2-1+,10-4-. The minimum absolute atomic E-state index is 0.778. The lowest BCUT2D eigenvalue weighted by Gasteiger charge is -1.85. The molecule has 0 aliphatic heterocycles. The van der Waals surface area contributed by atoms with Crippen LogP contribution in [0.25, 0.3) is 6.08 Å². The Morgan fingerprint density at radius 1 is 1.55 bits per heavy atom. The van der Waals surface area contributed by atoms with E-state index in [2.05, 4.69) is 15.1 Å². The van der Waals surface area contributed by atoms with Crippen LogP contribution in [-0.2, 0) is 0 Å². The Morgan fingerprint density at radius 2 is 2.45 bits per heavy atom. The predicted molar refractivity (Wildman–Crippen MR) is 41.3 cm³/mol. The first kappa shape index (κ1) is 7.40. The van der Waals surface area contributed by atoms with Crippen LogP contribution >= 0.6 is 0 Å². The molecule has 0 amide bonds.